The highest BCUT2D eigenvalue weighted by atomic mass is 16.7. The van der Waals surface area contributed by atoms with Gasteiger partial charge in [0.05, 0.1) is 12.7 Å². The van der Waals surface area contributed by atoms with Gasteiger partial charge in [-0.25, -0.2) is 0 Å². The van der Waals surface area contributed by atoms with Gasteiger partial charge in [-0.2, -0.15) is 0 Å². The first-order valence-electron chi connectivity index (χ1n) is 12.7. The molecule has 4 saturated carbocycles. The number of hydrogen-bond donors (Lipinski definition) is 3. The first kappa shape index (κ1) is 22.3. The normalized spacial score (nSPS) is 56.9. The predicted octanol–water partition coefficient (Wildman–Crippen LogP) is 3.66. The van der Waals surface area contributed by atoms with Crippen molar-refractivity contribution in [3.05, 3.63) is 12.7 Å². The summed E-state index contributed by atoms with van der Waals surface area (Å²) in [5, 5.41) is 29.9. The molecule has 0 aromatic rings. The maximum Gasteiger partial charge on any atom is 0.186 e. The number of aliphatic hydroxyl groups excluding tert-OH is 3. The topological polar surface area (TPSA) is 79.2 Å². The standard InChI is InChI=1S/C26H42O5/c1-4-15-6-8-19-18-7-5-16-13-17(31-24-23(29)22(28)21(27)14-30-24)9-11-26(16,3)20(18)10-12-25(15,19)2/h4,15-24,27-29H,1,5-14H2,2-3H3. The van der Waals surface area contributed by atoms with Crippen LogP contribution in [0.3, 0.4) is 0 Å². The first-order chi connectivity index (χ1) is 14.8. The van der Waals surface area contributed by atoms with Crippen LogP contribution in [0.4, 0.5) is 0 Å². The van der Waals surface area contributed by atoms with Gasteiger partial charge in [0.15, 0.2) is 6.29 Å². The third-order valence-electron chi connectivity index (χ3n) is 10.8. The van der Waals surface area contributed by atoms with E-state index in [-0.39, 0.29) is 12.7 Å². The third-order valence-corrected chi connectivity index (χ3v) is 10.8. The Kier molecular flexibility index (Phi) is 5.83. The van der Waals surface area contributed by atoms with Crippen LogP contribution in [-0.4, -0.2) is 52.6 Å². The van der Waals surface area contributed by atoms with Crippen molar-refractivity contribution >= 4 is 0 Å². The van der Waals surface area contributed by atoms with E-state index in [1.807, 2.05) is 0 Å². The Morgan fingerprint density at radius 3 is 2.42 bits per heavy atom. The van der Waals surface area contributed by atoms with Gasteiger partial charge in [0.25, 0.3) is 0 Å². The molecule has 176 valence electrons. The molecule has 31 heavy (non-hydrogen) atoms. The number of aliphatic hydroxyl groups is 3. The van der Waals surface area contributed by atoms with Crippen molar-refractivity contribution in [2.24, 2.45) is 40.4 Å². The maximum atomic E-state index is 10.3. The highest BCUT2D eigenvalue weighted by Gasteiger charge is 2.59. The zero-order valence-electron chi connectivity index (χ0n) is 19.3. The fraction of sp³-hybridized carbons (Fsp3) is 0.923. The van der Waals surface area contributed by atoms with E-state index in [0.717, 1.165) is 30.6 Å². The van der Waals surface area contributed by atoms with Gasteiger partial charge in [-0.1, -0.05) is 19.9 Å². The largest absolute Gasteiger partial charge is 0.388 e. The lowest BCUT2D eigenvalue weighted by atomic mass is 9.44. The molecule has 3 N–H and O–H groups in total. The minimum absolute atomic E-state index is 0.00632. The Hall–Kier alpha value is -0.460. The van der Waals surface area contributed by atoms with Crippen LogP contribution in [0.25, 0.3) is 0 Å². The lowest BCUT2D eigenvalue weighted by Crippen LogP contribution is -2.56. The van der Waals surface area contributed by atoms with E-state index >= 15 is 0 Å². The Bertz CT molecular complexity index is 683. The molecule has 5 heteroatoms. The average Bonchev–Trinajstić information content (AvgIpc) is 3.10. The Morgan fingerprint density at radius 2 is 1.65 bits per heavy atom. The second-order valence-electron chi connectivity index (χ2n) is 11.9. The van der Waals surface area contributed by atoms with Gasteiger partial charge in [-0.15, -0.1) is 6.58 Å². The van der Waals surface area contributed by atoms with Crippen molar-refractivity contribution in [2.75, 3.05) is 6.61 Å². The fourth-order valence-corrected chi connectivity index (χ4v) is 8.86. The zero-order chi connectivity index (χ0) is 22.0. The van der Waals surface area contributed by atoms with E-state index in [1.54, 1.807) is 0 Å². The first-order valence-corrected chi connectivity index (χ1v) is 12.7. The molecule has 5 fully saturated rings. The van der Waals surface area contributed by atoms with Gasteiger partial charge >= 0.3 is 0 Å². The zero-order valence-corrected chi connectivity index (χ0v) is 19.3. The van der Waals surface area contributed by atoms with Crippen molar-refractivity contribution in [3.8, 4) is 0 Å². The molecule has 5 rings (SSSR count). The van der Waals surface area contributed by atoms with Crippen molar-refractivity contribution in [3.63, 3.8) is 0 Å². The van der Waals surface area contributed by atoms with Crippen molar-refractivity contribution in [1.29, 1.82) is 0 Å². The summed E-state index contributed by atoms with van der Waals surface area (Å²) in [6.45, 7) is 9.27. The molecule has 0 aromatic heterocycles. The summed E-state index contributed by atoms with van der Waals surface area (Å²) in [5.41, 5.74) is 0.852. The van der Waals surface area contributed by atoms with Gasteiger partial charge in [0.2, 0.25) is 0 Å². The van der Waals surface area contributed by atoms with Crippen LogP contribution in [0, 0.1) is 40.4 Å². The monoisotopic (exact) mass is 434 g/mol. The average molecular weight is 435 g/mol. The molecule has 1 heterocycles. The highest BCUT2D eigenvalue weighted by molar-refractivity contribution is 5.11. The molecular weight excluding hydrogens is 392 g/mol. The molecule has 12 atom stereocenters. The minimum atomic E-state index is -1.20. The predicted molar refractivity (Wildman–Crippen MR) is 118 cm³/mol. The van der Waals surface area contributed by atoms with Gasteiger partial charge in [0, 0.05) is 0 Å². The van der Waals surface area contributed by atoms with Crippen LogP contribution < -0.4 is 0 Å². The van der Waals surface area contributed by atoms with E-state index < -0.39 is 24.6 Å². The summed E-state index contributed by atoms with van der Waals surface area (Å²) in [4.78, 5) is 0. The molecule has 1 aliphatic heterocycles. The molecular formula is C26H42O5. The second-order valence-corrected chi connectivity index (χ2v) is 11.9. The number of fused-ring (bicyclic) bond motifs is 5. The van der Waals surface area contributed by atoms with E-state index in [2.05, 4.69) is 26.5 Å². The van der Waals surface area contributed by atoms with Crippen molar-refractivity contribution < 1.29 is 24.8 Å². The van der Waals surface area contributed by atoms with Gasteiger partial charge < -0.3 is 24.8 Å². The molecule has 5 nitrogen and oxygen atoms in total. The summed E-state index contributed by atoms with van der Waals surface area (Å²) in [6.07, 6.45) is 9.22. The lowest BCUT2D eigenvalue weighted by molar-refractivity contribution is -0.289. The number of hydrogen-bond acceptors (Lipinski definition) is 5. The minimum Gasteiger partial charge on any atom is -0.388 e. The van der Waals surface area contributed by atoms with Crippen LogP contribution in [-0.2, 0) is 9.47 Å². The lowest BCUT2D eigenvalue weighted by Gasteiger charge is -2.61. The number of ether oxygens (including phenoxy) is 2. The molecule has 5 aliphatic rings. The Morgan fingerprint density at radius 1 is 0.903 bits per heavy atom. The maximum absolute atomic E-state index is 10.3. The molecule has 12 unspecified atom stereocenters. The summed E-state index contributed by atoms with van der Waals surface area (Å²) in [6, 6.07) is 0. The quantitative estimate of drug-likeness (QED) is 0.467. The smallest absolute Gasteiger partial charge is 0.186 e. The summed E-state index contributed by atoms with van der Waals surface area (Å²) >= 11 is 0. The van der Waals surface area contributed by atoms with Gasteiger partial charge in [-0.05, 0) is 98.2 Å². The van der Waals surface area contributed by atoms with E-state index in [4.69, 9.17) is 9.47 Å². The molecule has 0 spiro atoms. The third kappa shape index (κ3) is 3.45. The summed E-state index contributed by atoms with van der Waals surface area (Å²) < 4.78 is 11.7. The molecule has 1 saturated heterocycles. The molecule has 4 aliphatic carbocycles. The van der Waals surface area contributed by atoms with E-state index in [1.165, 1.54) is 44.9 Å². The van der Waals surface area contributed by atoms with Crippen molar-refractivity contribution in [1.82, 2.24) is 0 Å². The van der Waals surface area contributed by atoms with Gasteiger partial charge in [-0.3, -0.25) is 0 Å². The van der Waals surface area contributed by atoms with E-state index in [0.29, 0.717) is 22.7 Å². The molecule has 0 amide bonds. The van der Waals surface area contributed by atoms with Crippen LogP contribution >= 0.6 is 0 Å². The van der Waals surface area contributed by atoms with Crippen LogP contribution in [0.15, 0.2) is 12.7 Å². The Balaban J connectivity index is 1.26. The van der Waals surface area contributed by atoms with E-state index in [9.17, 15) is 15.3 Å². The summed E-state index contributed by atoms with van der Waals surface area (Å²) in [5.74, 6) is 3.90. The van der Waals surface area contributed by atoms with Crippen LogP contribution in [0.5, 0.6) is 0 Å². The molecule has 0 aromatic carbocycles. The van der Waals surface area contributed by atoms with Crippen LogP contribution in [0.2, 0.25) is 0 Å². The fourth-order valence-electron chi connectivity index (χ4n) is 8.86. The SMILES string of the molecule is C=CC1CCC2C3CCC4CC(OC5OCC(O)C(O)C5O)CCC4(C)C3CCC12C. The Labute approximate surface area is 187 Å². The highest BCUT2D eigenvalue weighted by Crippen LogP contribution is 2.67. The number of rotatable bonds is 3. The number of allylic oxidation sites excluding steroid dienone is 1. The van der Waals surface area contributed by atoms with Crippen molar-refractivity contribution in [2.45, 2.75) is 102 Å². The van der Waals surface area contributed by atoms with Crippen LogP contribution in [0.1, 0.15) is 71.6 Å². The molecule has 0 bridgehead atoms. The van der Waals surface area contributed by atoms with Gasteiger partial charge in [0.1, 0.15) is 18.3 Å². The second kappa shape index (κ2) is 8.09. The summed E-state index contributed by atoms with van der Waals surface area (Å²) in [7, 11) is 0. The molecule has 0 radical (unpaired) electrons.